The molecule has 2 heterocycles. The predicted octanol–water partition coefficient (Wildman–Crippen LogP) is 5.11. The minimum absolute atomic E-state index is 0.181. The number of rotatable bonds is 6. The third-order valence-electron chi connectivity index (χ3n) is 4.51. The molecule has 0 aliphatic carbocycles. The molecule has 0 aliphatic rings. The van der Waals surface area contributed by atoms with Crippen molar-refractivity contribution < 1.29 is 13.6 Å². The van der Waals surface area contributed by atoms with Crippen molar-refractivity contribution in [2.75, 3.05) is 10.6 Å². The fourth-order valence-electron chi connectivity index (χ4n) is 2.93. The Hall–Kier alpha value is -4.00. The Morgan fingerprint density at radius 1 is 1.07 bits per heavy atom. The highest BCUT2D eigenvalue weighted by Gasteiger charge is 2.10. The Morgan fingerprint density at radius 2 is 1.83 bits per heavy atom. The number of aromatic nitrogens is 2. The van der Waals surface area contributed by atoms with Crippen LogP contribution in [0.15, 0.2) is 77.6 Å². The van der Waals surface area contributed by atoms with Crippen LogP contribution in [0.1, 0.15) is 11.1 Å². The second kappa shape index (κ2) is 8.57. The van der Waals surface area contributed by atoms with Crippen LogP contribution in [0, 0.1) is 12.7 Å². The second-order valence-corrected chi connectivity index (χ2v) is 6.77. The minimum atomic E-state index is -0.346. The lowest BCUT2D eigenvalue weighted by molar-refractivity contribution is -0.115. The summed E-state index contributed by atoms with van der Waals surface area (Å²) in [5.74, 6) is 0.0979. The molecule has 0 aliphatic heterocycles. The molecule has 0 saturated carbocycles. The van der Waals surface area contributed by atoms with Gasteiger partial charge in [0.2, 0.25) is 5.91 Å². The number of pyridine rings is 1. The number of hydrogen-bond donors (Lipinski definition) is 2. The van der Waals surface area contributed by atoms with Crippen LogP contribution in [0.2, 0.25) is 0 Å². The zero-order chi connectivity index (χ0) is 20.9. The average molecular weight is 402 g/mol. The van der Waals surface area contributed by atoms with Crippen molar-refractivity contribution in [2.45, 2.75) is 13.3 Å². The number of nitrogens with one attached hydrogen (secondary N) is 2. The van der Waals surface area contributed by atoms with E-state index in [9.17, 15) is 9.18 Å². The van der Waals surface area contributed by atoms with Crippen LogP contribution in [0.4, 0.5) is 21.8 Å². The van der Waals surface area contributed by atoms with Gasteiger partial charge in [-0.1, -0.05) is 12.1 Å². The van der Waals surface area contributed by atoms with Crippen molar-refractivity contribution in [1.29, 1.82) is 0 Å². The van der Waals surface area contributed by atoms with Crippen LogP contribution in [0.3, 0.4) is 0 Å². The lowest BCUT2D eigenvalue weighted by atomic mass is 10.1. The van der Waals surface area contributed by atoms with E-state index in [0.29, 0.717) is 17.5 Å². The monoisotopic (exact) mass is 402 g/mol. The van der Waals surface area contributed by atoms with E-state index in [1.807, 2.05) is 37.3 Å². The van der Waals surface area contributed by atoms with E-state index in [0.717, 1.165) is 22.4 Å². The van der Waals surface area contributed by atoms with E-state index in [-0.39, 0.29) is 18.1 Å². The van der Waals surface area contributed by atoms with Crippen LogP contribution in [-0.4, -0.2) is 15.9 Å². The van der Waals surface area contributed by atoms with Gasteiger partial charge in [0.25, 0.3) is 6.01 Å². The standard InChI is InChI=1S/C23H19FN4O2/c1-15-2-3-16(13-22(29)27-19-6-4-18(24)5-7-19)12-20(15)28-23-26-14-21(30-23)17-8-10-25-11-9-17/h2-12,14H,13H2,1H3,(H,26,28)(H,27,29). The number of benzene rings is 2. The molecule has 150 valence electrons. The number of anilines is 3. The summed E-state index contributed by atoms with van der Waals surface area (Å²) in [6.45, 7) is 1.96. The molecular formula is C23H19FN4O2. The van der Waals surface area contributed by atoms with Gasteiger partial charge in [-0.05, 0) is 60.5 Å². The van der Waals surface area contributed by atoms with Crippen molar-refractivity contribution in [1.82, 2.24) is 9.97 Å². The van der Waals surface area contributed by atoms with E-state index < -0.39 is 0 Å². The highest BCUT2D eigenvalue weighted by atomic mass is 19.1. The molecule has 0 unspecified atom stereocenters. The molecular weight excluding hydrogens is 383 g/mol. The predicted molar refractivity (Wildman–Crippen MR) is 113 cm³/mol. The number of oxazole rings is 1. The van der Waals surface area contributed by atoms with Crippen molar-refractivity contribution in [3.8, 4) is 11.3 Å². The topological polar surface area (TPSA) is 80.0 Å². The van der Waals surface area contributed by atoms with Crippen LogP contribution >= 0.6 is 0 Å². The molecule has 4 rings (SSSR count). The second-order valence-electron chi connectivity index (χ2n) is 6.77. The summed E-state index contributed by atoms with van der Waals surface area (Å²) in [7, 11) is 0. The number of hydrogen-bond acceptors (Lipinski definition) is 5. The number of amides is 1. The van der Waals surface area contributed by atoms with Gasteiger partial charge in [-0.3, -0.25) is 9.78 Å². The first kappa shape index (κ1) is 19.3. The Morgan fingerprint density at radius 3 is 2.60 bits per heavy atom. The number of carbonyl (C=O) groups excluding carboxylic acids is 1. The van der Waals surface area contributed by atoms with E-state index >= 15 is 0 Å². The van der Waals surface area contributed by atoms with Gasteiger partial charge in [0, 0.05) is 29.3 Å². The molecule has 2 N–H and O–H groups in total. The van der Waals surface area contributed by atoms with Gasteiger partial charge in [-0.15, -0.1) is 0 Å². The number of aryl methyl sites for hydroxylation is 1. The van der Waals surface area contributed by atoms with Crippen molar-refractivity contribution in [2.24, 2.45) is 0 Å². The first-order chi connectivity index (χ1) is 14.6. The summed E-state index contributed by atoms with van der Waals surface area (Å²) in [4.78, 5) is 20.6. The van der Waals surface area contributed by atoms with Crippen molar-refractivity contribution >= 4 is 23.3 Å². The lowest BCUT2D eigenvalue weighted by Crippen LogP contribution is -2.14. The molecule has 0 spiro atoms. The molecule has 7 heteroatoms. The average Bonchev–Trinajstić information content (AvgIpc) is 3.21. The zero-order valence-electron chi connectivity index (χ0n) is 16.2. The van der Waals surface area contributed by atoms with Gasteiger partial charge < -0.3 is 15.1 Å². The van der Waals surface area contributed by atoms with E-state index in [4.69, 9.17) is 4.42 Å². The summed E-state index contributed by atoms with van der Waals surface area (Å²) in [6.07, 6.45) is 5.21. The molecule has 2 aromatic heterocycles. The molecule has 1 amide bonds. The Balaban J connectivity index is 1.45. The molecule has 0 atom stereocenters. The van der Waals surface area contributed by atoms with E-state index in [2.05, 4.69) is 20.6 Å². The van der Waals surface area contributed by atoms with Gasteiger partial charge in [-0.2, -0.15) is 0 Å². The van der Waals surface area contributed by atoms with Crippen LogP contribution < -0.4 is 10.6 Å². The Bertz CT molecular complexity index is 1160. The largest absolute Gasteiger partial charge is 0.423 e. The Kier molecular flexibility index (Phi) is 5.52. The SMILES string of the molecule is Cc1ccc(CC(=O)Nc2ccc(F)cc2)cc1Nc1ncc(-c2ccncc2)o1. The molecule has 0 saturated heterocycles. The lowest BCUT2D eigenvalue weighted by Gasteiger charge is -2.10. The van der Waals surface area contributed by atoms with Gasteiger partial charge in [0.1, 0.15) is 5.82 Å². The van der Waals surface area contributed by atoms with Crippen LogP contribution in [-0.2, 0) is 11.2 Å². The molecule has 0 fully saturated rings. The van der Waals surface area contributed by atoms with Crippen LogP contribution in [0.25, 0.3) is 11.3 Å². The molecule has 0 bridgehead atoms. The number of nitrogens with zero attached hydrogens (tertiary/aromatic N) is 2. The maximum absolute atomic E-state index is 13.0. The zero-order valence-corrected chi connectivity index (χ0v) is 16.2. The summed E-state index contributed by atoms with van der Waals surface area (Å²) >= 11 is 0. The summed E-state index contributed by atoms with van der Waals surface area (Å²) in [6, 6.07) is 15.4. The molecule has 2 aromatic carbocycles. The fourth-order valence-corrected chi connectivity index (χ4v) is 2.93. The number of carbonyl (C=O) groups is 1. The third-order valence-corrected chi connectivity index (χ3v) is 4.51. The molecule has 4 aromatic rings. The summed E-state index contributed by atoms with van der Waals surface area (Å²) < 4.78 is 18.8. The summed E-state index contributed by atoms with van der Waals surface area (Å²) in [5, 5.41) is 5.93. The quantitative estimate of drug-likeness (QED) is 0.469. The highest BCUT2D eigenvalue weighted by Crippen LogP contribution is 2.26. The normalized spacial score (nSPS) is 10.6. The summed E-state index contributed by atoms with van der Waals surface area (Å²) in [5.41, 5.74) is 4.04. The highest BCUT2D eigenvalue weighted by molar-refractivity contribution is 5.92. The maximum atomic E-state index is 13.0. The van der Waals surface area contributed by atoms with Gasteiger partial charge >= 0.3 is 0 Å². The van der Waals surface area contributed by atoms with Gasteiger partial charge in [0.15, 0.2) is 5.76 Å². The molecule has 6 nitrogen and oxygen atoms in total. The Labute approximate surface area is 172 Å². The third kappa shape index (κ3) is 4.70. The fraction of sp³-hybridized carbons (Fsp3) is 0.0870. The minimum Gasteiger partial charge on any atom is -0.423 e. The van der Waals surface area contributed by atoms with Gasteiger partial charge in [0.05, 0.1) is 12.6 Å². The first-order valence-electron chi connectivity index (χ1n) is 9.35. The maximum Gasteiger partial charge on any atom is 0.299 e. The smallest absolute Gasteiger partial charge is 0.299 e. The number of halogens is 1. The van der Waals surface area contributed by atoms with Crippen LogP contribution in [0.5, 0.6) is 0 Å². The van der Waals surface area contributed by atoms with Crippen molar-refractivity contribution in [3.05, 3.63) is 90.1 Å². The molecule has 30 heavy (non-hydrogen) atoms. The van der Waals surface area contributed by atoms with E-state index in [1.165, 1.54) is 24.3 Å². The first-order valence-corrected chi connectivity index (χ1v) is 9.35. The van der Waals surface area contributed by atoms with Gasteiger partial charge in [-0.25, -0.2) is 9.37 Å². The van der Waals surface area contributed by atoms with E-state index in [1.54, 1.807) is 18.6 Å². The van der Waals surface area contributed by atoms with Crippen molar-refractivity contribution in [3.63, 3.8) is 0 Å². The molecule has 0 radical (unpaired) electrons.